The van der Waals surface area contributed by atoms with Gasteiger partial charge in [-0.1, -0.05) is 0 Å². The number of carbonyl (C=O) groups excluding carboxylic acids is 2. The molecule has 0 radical (unpaired) electrons. The number of ketones is 1. The fourth-order valence-corrected chi connectivity index (χ4v) is 1.23. The lowest BCUT2D eigenvalue weighted by atomic mass is 10.3. The van der Waals surface area contributed by atoms with Crippen molar-refractivity contribution in [2.24, 2.45) is 0 Å². The summed E-state index contributed by atoms with van der Waals surface area (Å²) in [6.07, 6.45) is -0.226. The number of hydrogen-bond acceptors (Lipinski definition) is 5. The zero-order chi connectivity index (χ0) is 9.56. The van der Waals surface area contributed by atoms with Gasteiger partial charge in [0.15, 0.2) is 0 Å². The van der Waals surface area contributed by atoms with E-state index >= 15 is 0 Å². The van der Waals surface area contributed by atoms with E-state index in [0.29, 0.717) is 0 Å². The Morgan fingerprint density at radius 3 is 2.08 bits per heavy atom. The van der Waals surface area contributed by atoms with E-state index in [1.807, 2.05) is 0 Å². The molecule has 12 heavy (non-hydrogen) atoms. The van der Waals surface area contributed by atoms with E-state index < -0.39 is 15.5 Å². The second kappa shape index (κ2) is 5.87. The molecule has 70 valence electrons. The average molecular weight is 192 g/mol. The van der Waals surface area contributed by atoms with E-state index in [1.54, 1.807) is 0 Å². The lowest BCUT2D eigenvalue weighted by Gasteiger charge is -2.10. The fraction of sp³-hybridized carbons (Fsp3) is 0.667. The summed E-state index contributed by atoms with van der Waals surface area (Å²) in [5.41, 5.74) is 0. The molecule has 0 spiro atoms. The van der Waals surface area contributed by atoms with Gasteiger partial charge in [-0.3, -0.25) is 9.59 Å². The first-order chi connectivity index (χ1) is 5.60. The summed E-state index contributed by atoms with van der Waals surface area (Å²) < 4.78 is 14.1. The third kappa shape index (κ3) is 5.00. The Balaban J connectivity index is 3.74. The van der Waals surface area contributed by atoms with Gasteiger partial charge in [-0.25, -0.2) is 0 Å². The highest BCUT2D eigenvalue weighted by molar-refractivity contribution is 6.39. The Morgan fingerprint density at radius 1 is 1.25 bits per heavy atom. The smallest absolute Gasteiger partial charge is 0.475 e. The molecule has 0 heterocycles. The van der Waals surface area contributed by atoms with E-state index in [9.17, 15) is 9.59 Å². The third-order valence-electron chi connectivity index (χ3n) is 1.01. The summed E-state index contributed by atoms with van der Waals surface area (Å²) in [7, 11) is 0.470. The maximum atomic E-state index is 10.8. The number of hydrogen-bond donors (Lipinski definition) is 0. The monoisotopic (exact) mass is 192 g/mol. The molecule has 0 fully saturated rings. The van der Waals surface area contributed by atoms with Crippen LogP contribution in [0, 0.1) is 0 Å². The predicted molar refractivity (Wildman–Crippen MR) is 42.6 cm³/mol. The van der Waals surface area contributed by atoms with Crippen molar-refractivity contribution in [2.45, 2.75) is 13.3 Å². The first kappa shape index (κ1) is 11.3. The normalized spacial score (nSPS) is 10.0. The van der Waals surface area contributed by atoms with Crippen LogP contribution in [0.4, 0.5) is 0 Å². The van der Waals surface area contributed by atoms with Gasteiger partial charge < -0.3 is 13.3 Å². The molecular formula is C6H12O5Si. The molecule has 6 heteroatoms. The van der Waals surface area contributed by atoms with Gasteiger partial charge in [0.1, 0.15) is 12.2 Å². The van der Waals surface area contributed by atoms with Crippen LogP contribution in [0.25, 0.3) is 0 Å². The standard InChI is InChI=1S/C6H12O5Si/c1-5(7)4-6(8)11-12(9-2)10-3/h12H,4H2,1-3H3. The Hall–Kier alpha value is -0.723. The van der Waals surface area contributed by atoms with Crippen molar-refractivity contribution < 1.29 is 22.9 Å². The summed E-state index contributed by atoms with van der Waals surface area (Å²) in [5, 5.41) is 0. The van der Waals surface area contributed by atoms with Crippen molar-refractivity contribution >= 4 is 21.3 Å². The molecule has 0 aliphatic heterocycles. The van der Waals surface area contributed by atoms with Crippen LogP contribution in [-0.2, 0) is 22.9 Å². The second-order valence-electron chi connectivity index (χ2n) is 2.13. The molecule has 0 aliphatic carbocycles. The zero-order valence-electron chi connectivity index (χ0n) is 7.33. The Labute approximate surface area is 72.6 Å². The van der Waals surface area contributed by atoms with Crippen LogP contribution in [-0.4, -0.2) is 35.5 Å². The van der Waals surface area contributed by atoms with Crippen molar-refractivity contribution in [3.8, 4) is 0 Å². The highest BCUT2D eigenvalue weighted by atomic mass is 28.3. The number of Topliss-reactive ketones (excluding diaryl/α,β-unsaturated/α-hetero) is 1. The van der Waals surface area contributed by atoms with Crippen molar-refractivity contribution in [1.82, 2.24) is 0 Å². The van der Waals surface area contributed by atoms with Crippen LogP contribution in [0.2, 0.25) is 0 Å². The number of carbonyl (C=O) groups is 2. The molecule has 5 nitrogen and oxygen atoms in total. The minimum absolute atomic E-state index is 0.226. The molecule has 0 aromatic rings. The molecule has 0 rings (SSSR count). The lowest BCUT2D eigenvalue weighted by molar-refractivity contribution is -0.140. The van der Waals surface area contributed by atoms with Gasteiger partial charge in [0.05, 0.1) is 0 Å². The molecule has 0 aromatic heterocycles. The predicted octanol–water partition coefficient (Wildman–Crippen LogP) is -0.481. The van der Waals surface area contributed by atoms with E-state index in [2.05, 4.69) is 0 Å². The average Bonchev–Trinajstić information content (AvgIpc) is 1.98. The van der Waals surface area contributed by atoms with Gasteiger partial charge in [0.2, 0.25) is 0 Å². The fourth-order valence-electron chi connectivity index (χ4n) is 0.545. The first-order valence-corrected chi connectivity index (χ1v) is 4.76. The summed E-state index contributed by atoms with van der Waals surface area (Å²) in [4.78, 5) is 21.3. The van der Waals surface area contributed by atoms with Crippen molar-refractivity contribution in [2.75, 3.05) is 14.2 Å². The highest BCUT2D eigenvalue weighted by Gasteiger charge is 2.17. The van der Waals surface area contributed by atoms with E-state index in [-0.39, 0.29) is 12.2 Å². The Bertz CT molecular complexity index is 165. The number of rotatable bonds is 5. The Morgan fingerprint density at radius 2 is 1.75 bits per heavy atom. The maximum absolute atomic E-state index is 10.8. The summed E-state index contributed by atoms with van der Waals surface area (Å²) in [6.45, 7) is 1.32. The lowest BCUT2D eigenvalue weighted by Crippen LogP contribution is -2.28. The van der Waals surface area contributed by atoms with Crippen molar-refractivity contribution in [1.29, 1.82) is 0 Å². The second-order valence-corrected chi connectivity index (χ2v) is 3.88. The van der Waals surface area contributed by atoms with Crippen LogP contribution in [0.5, 0.6) is 0 Å². The van der Waals surface area contributed by atoms with Gasteiger partial charge in [0, 0.05) is 14.2 Å². The minimum atomic E-state index is -2.31. The summed E-state index contributed by atoms with van der Waals surface area (Å²) >= 11 is 0. The topological polar surface area (TPSA) is 61.8 Å². The van der Waals surface area contributed by atoms with Crippen LogP contribution < -0.4 is 0 Å². The van der Waals surface area contributed by atoms with Crippen LogP contribution in [0.3, 0.4) is 0 Å². The molecule has 0 atom stereocenters. The van der Waals surface area contributed by atoms with Crippen molar-refractivity contribution in [3.05, 3.63) is 0 Å². The Kier molecular flexibility index (Phi) is 5.51. The molecular weight excluding hydrogens is 180 g/mol. The quantitative estimate of drug-likeness (QED) is 0.435. The van der Waals surface area contributed by atoms with Gasteiger partial charge in [0.25, 0.3) is 0 Å². The van der Waals surface area contributed by atoms with E-state index in [1.165, 1.54) is 21.1 Å². The molecule has 0 unspecified atom stereocenters. The summed E-state index contributed by atoms with van der Waals surface area (Å²) in [6, 6.07) is 0. The van der Waals surface area contributed by atoms with E-state index in [4.69, 9.17) is 13.3 Å². The van der Waals surface area contributed by atoms with Gasteiger partial charge in [-0.05, 0) is 6.92 Å². The first-order valence-electron chi connectivity index (χ1n) is 3.34. The minimum Gasteiger partial charge on any atom is -0.475 e. The SMILES string of the molecule is CO[SiH](OC)OC(=O)CC(C)=O. The van der Waals surface area contributed by atoms with Crippen LogP contribution in [0.15, 0.2) is 0 Å². The van der Waals surface area contributed by atoms with Gasteiger partial charge in [-0.15, -0.1) is 0 Å². The summed E-state index contributed by atoms with van der Waals surface area (Å²) in [5.74, 6) is -0.831. The third-order valence-corrected chi connectivity index (χ3v) is 2.23. The largest absolute Gasteiger partial charge is 0.550 e. The molecule has 0 aromatic carbocycles. The highest BCUT2D eigenvalue weighted by Crippen LogP contribution is 1.93. The van der Waals surface area contributed by atoms with E-state index in [0.717, 1.165) is 0 Å². The van der Waals surface area contributed by atoms with Gasteiger partial charge in [-0.2, -0.15) is 0 Å². The maximum Gasteiger partial charge on any atom is 0.550 e. The molecule has 0 aliphatic rings. The van der Waals surface area contributed by atoms with Gasteiger partial charge >= 0.3 is 15.5 Å². The van der Waals surface area contributed by atoms with Crippen LogP contribution >= 0.6 is 0 Å². The van der Waals surface area contributed by atoms with Crippen LogP contribution in [0.1, 0.15) is 13.3 Å². The molecule has 0 amide bonds. The molecule has 0 N–H and O–H groups in total. The zero-order valence-corrected chi connectivity index (χ0v) is 8.48. The molecule has 0 bridgehead atoms. The molecule has 0 saturated carbocycles. The molecule has 0 saturated heterocycles. The van der Waals surface area contributed by atoms with Crippen molar-refractivity contribution in [3.63, 3.8) is 0 Å².